The summed E-state index contributed by atoms with van der Waals surface area (Å²) in [4.78, 5) is 22.1. The number of thioether (sulfide) groups is 1. The number of anilines is 1. The molecule has 21 heavy (non-hydrogen) atoms. The van der Waals surface area contributed by atoms with E-state index in [0.717, 1.165) is 11.8 Å². The number of halogens is 2. The van der Waals surface area contributed by atoms with Gasteiger partial charge in [-0.25, -0.2) is 0 Å². The van der Waals surface area contributed by atoms with Gasteiger partial charge in [0.1, 0.15) is 5.75 Å². The number of carboxylic acid groups (broad SMARTS) is 1. The molecule has 0 unspecified atom stereocenters. The molecular formula is C13H15Cl2NO4S. The second kappa shape index (κ2) is 8.36. The largest absolute Gasteiger partial charge is 0.489 e. The number of carbonyl (C=O) groups excluding carboxylic acids is 1. The third-order valence-corrected chi connectivity index (χ3v) is 3.64. The van der Waals surface area contributed by atoms with Crippen LogP contribution in [0, 0.1) is 0 Å². The van der Waals surface area contributed by atoms with Gasteiger partial charge in [-0.05, 0) is 19.9 Å². The van der Waals surface area contributed by atoms with Crippen molar-refractivity contribution in [3.63, 3.8) is 0 Å². The van der Waals surface area contributed by atoms with Crippen LogP contribution in [0.2, 0.25) is 10.0 Å². The maximum Gasteiger partial charge on any atom is 0.313 e. The molecule has 1 rings (SSSR count). The average molecular weight is 352 g/mol. The minimum absolute atomic E-state index is 0.0195. The van der Waals surface area contributed by atoms with Gasteiger partial charge in [-0.1, -0.05) is 23.2 Å². The molecule has 116 valence electrons. The molecule has 0 saturated heterocycles. The number of carbonyl (C=O) groups is 2. The van der Waals surface area contributed by atoms with Crippen LogP contribution in [0.4, 0.5) is 5.69 Å². The number of nitrogens with one attached hydrogen (secondary N) is 1. The molecule has 0 aromatic heterocycles. The Morgan fingerprint density at radius 3 is 2.52 bits per heavy atom. The van der Waals surface area contributed by atoms with E-state index < -0.39 is 5.97 Å². The van der Waals surface area contributed by atoms with Gasteiger partial charge in [0.05, 0.1) is 33.3 Å². The van der Waals surface area contributed by atoms with Gasteiger partial charge in [-0.2, -0.15) is 0 Å². The average Bonchev–Trinajstić information content (AvgIpc) is 2.34. The summed E-state index contributed by atoms with van der Waals surface area (Å²) in [5, 5.41) is 11.7. The predicted molar refractivity (Wildman–Crippen MR) is 85.8 cm³/mol. The molecule has 2 N–H and O–H groups in total. The van der Waals surface area contributed by atoms with E-state index in [2.05, 4.69) is 5.32 Å². The molecule has 0 bridgehead atoms. The smallest absolute Gasteiger partial charge is 0.313 e. The lowest BCUT2D eigenvalue weighted by molar-refractivity contribution is -0.133. The zero-order valence-corrected chi connectivity index (χ0v) is 13.8. The summed E-state index contributed by atoms with van der Waals surface area (Å²) in [6.45, 7) is 3.71. The molecule has 1 aromatic rings. The Kier molecular flexibility index (Phi) is 7.14. The summed E-state index contributed by atoms with van der Waals surface area (Å²) >= 11 is 13.0. The summed E-state index contributed by atoms with van der Waals surface area (Å²) in [5.74, 6) is -1.01. The fraction of sp³-hybridized carbons (Fsp3) is 0.385. The number of aliphatic carboxylic acids is 1. The standard InChI is InChI=1S/C13H15Cl2NO4S/c1-7(2)20-11-4-10(8(14)3-9(11)15)16-12(17)5-21-6-13(18)19/h3-4,7H,5-6H2,1-2H3,(H,16,17)(H,18,19). The Balaban J connectivity index is 2.73. The molecule has 0 atom stereocenters. The van der Waals surface area contributed by atoms with Crippen molar-refractivity contribution in [1.29, 1.82) is 0 Å². The quantitative estimate of drug-likeness (QED) is 0.785. The van der Waals surface area contributed by atoms with Crippen molar-refractivity contribution in [2.45, 2.75) is 20.0 Å². The van der Waals surface area contributed by atoms with Gasteiger partial charge in [-0.3, -0.25) is 9.59 Å². The van der Waals surface area contributed by atoms with Crippen molar-refractivity contribution < 1.29 is 19.4 Å². The fourth-order valence-corrected chi connectivity index (χ4v) is 2.40. The molecule has 0 aliphatic heterocycles. The summed E-state index contributed by atoms with van der Waals surface area (Å²) in [5.41, 5.74) is 0.373. The topological polar surface area (TPSA) is 75.6 Å². The van der Waals surface area contributed by atoms with E-state index in [9.17, 15) is 9.59 Å². The van der Waals surface area contributed by atoms with E-state index in [4.69, 9.17) is 33.0 Å². The zero-order valence-electron chi connectivity index (χ0n) is 11.5. The zero-order chi connectivity index (χ0) is 16.0. The van der Waals surface area contributed by atoms with Gasteiger partial charge >= 0.3 is 5.97 Å². The van der Waals surface area contributed by atoms with Crippen LogP contribution in [0.15, 0.2) is 12.1 Å². The maximum absolute atomic E-state index is 11.7. The van der Waals surface area contributed by atoms with E-state index in [1.807, 2.05) is 13.8 Å². The Morgan fingerprint density at radius 1 is 1.29 bits per heavy atom. The third-order valence-electron chi connectivity index (χ3n) is 2.12. The fourth-order valence-electron chi connectivity index (χ4n) is 1.39. The molecule has 0 fully saturated rings. The minimum atomic E-state index is -0.968. The number of carboxylic acids is 1. The number of hydrogen-bond acceptors (Lipinski definition) is 4. The molecule has 0 heterocycles. The number of hydrogen-bond donors (Lipinski definition) is 2. The maximum atomic E-state index is 11.7. The Hall–Kier alpha value is -1.11. The molecule has 0 spiro atoms. The monoisotopic (exact) mass is 351 g/mol. The molecular weight excluding hydrogens is 337 g/mol. The first kappa shape index (κ1) is 17.9. The van der Waals surface area contributed by atoms with E-state index in [1.54, 1.807) is 6.07 Å². The molecule has 5 nitrogen and oxygen atoms in total. The number of benzene rings is 1. The molecule has 1 aromatic carbocycles. The number of amides is 1. The van der Waals surface area contributed by atoms with Crippen LogP contribution in [0.5, 0.6) is 5.75 Å². The molecule has 0 aliphatic rings. The molecule has 0 radical (unpaired) electrons. The highest BCUT2D eigenvalue weighted by Gasteiger charge is 2.12. The highest BCUT2D eigenvalue weighted by Crippen LogP contribution is 2.34. The lowest BCUT2D eigenvalue weighted by Crippen LogP contribution is -2.16. The summed E-state index contributed by atoms with van der Waals surface area (Å²) in [6, 6.07) is 3.03. The van der Waals surface area contributed by atoms with Crippen LogP contribution in [-0.4, -0.2) is 34.6 Å². The predicted octanol–water partition coefficient (Wildman–Crippen LogP) is 3.54. The van der Waals surface area contributed by atoms with E-state index >= 15 is 0 Å². The number of ether oxygens (including phenoxy) is 1. The van der Waals surface area contributed by atoms with Crippen molar-refractivity contribution in [3.8, 4) is 5.75 Å². The van der Waals surface area contributed by atoms with Crippen molar-refractivity contribution in [2.75, 3.05) is 16.8 Å². The van der Waals surface area contributed by atoms with Crippen LogP contribution in [0.25, 0.3) is 0 Å². The van der Waals surface area contributed by atoms with Gasteiger partial charge < -0.3 is 15.2 Å². The highest BCUT2D eigenvalue weighted by atomic mass is 35.5. The van der Waals surface area contributed by atoms with Crippen LogP contribution < -0.4 is 10.1 Å². The van der Waals surface area contributed by atoms with E-state index in [0.29, 0.717) is 16.5 Å². The van der Waals surface area contributed by atoms with Gasteiger partial charge in [0.25, 0.3) is 0 Å². The Bertz CT molecular complexity index is 537. The normalized spacial score (nSPS) is 10.5. The summed E-state index contributed by atoms with van der Waals surface area (Å²) in [6.07, 6.45) is -0.0710. The second-order valence-electron chi connectivity index (χ2n) is 4.36. The third kappa shape index (κ3) is 6.46. The van der Waals surface area contributed by atoms with Gasteiger partial charge in [0, 0.05) is 6.07 Å². The van der Waals surface area contributed by atoms with Gasteiger partial charge in [-0.15, -0.1) is 11.8 Å². The van der Waals surface area contributed by atoms with E-state index in [-0.39, 0.29) is 28.5 Å². The molecule has 1 amide bonds. The lowest BCUT2D eigenvalue weighted by atomic mass is 10.3. The van der Waals surface area contributed by atoms with Crippen LogP contribution in [-0.2, 0) is 9.59 Å². The number of rotatable bonds is 7. The van der Waals surface area contributed by atoms with Crippen molar-refractivity contribution in [1.82, 2.24) is 0 Å². The Morgan fingerprint density at radius 2 is 1.95 bits per heavy atom. The molecule has 8 heteroatoms. The first-order valence-corrected chi connectivity index (χ1v) is 7.95. The first-order chi connectivity index (χ1) is 9.79. The second-order valence-corrected chi connectivity index (χ2v) is 6.16. The van der Waals surface area contributed by atoms with Crippen LogP contribution in [0.1, 0.15) is 13.8 Å². The van der Waals surface area contributed by atoms with Crippen LogP contribution >= 0.6 is 35.0 Å². The van der Waals surface area contributed by atoms with E-state index in [1.165, 1.54) is 6.07 Å². The summed E-state index contributed by atoms with van der Waals surface area (Å²) in [7, 11) is 0. The highest BCUT2D eigenvalue weighted by molar-refractivity contribution is 8.00. The van der Waals surface area contributed by atoms with Crippen molar-refractivity contribution in [2.24, 2.45) is 0 Å². The molecule has 0 aliphatic carbocycles. The lowest BCUT2D eigenvalue weighted by Gasteiger charge is -2.14. The van der Waals surface area contributed by atoms with Gasteiger partial charge in [0.2, 0.25) is 5.91 Å². The van der Waals surface area contributed by atoms with Gasteiger partial charge in [0.15, 0.2) is 0 Å². The summed E-state index contributed by atoms with van der Waals surface area (Å²) < 4.78 is 5.51. The minimum Gasteiger partial charge on any atom is -0.489 e. The van der Waals surface area contributed by atoms with Crippen molar-refractivity contribution >= 4 is 52.5 Å². The first-order valence-electron chi connectivity index (χ1n) is 6.04. The SMILES string of the molecule is CC(C)Oc1cc(NC(=O)CSCC(=O)O)c(Cl)cc1Cl. The van der Waals surface area contributed by atoms with Crippen LogP contribution in [0.3, 0.4) is 0 Å². The molecule has 0 saturated carbocycles. The van der Waals surface area contributed by atoms with Crippen molar-refractivity contribution in [3.05, 3.63) is 22.2 Å². The Labute approximate surface area is 136 Å².